The molecule has 4 nitrogen and oxygen atoms in total. The number of aliphatic hydroxyl groups is 2. The lowest BCUT2D eigenvalue weighted by Gasteiger charge is -1.77. The second kappa shape index (κ2) is 6.86. The Morgan fingerprint density at radius 1 is 1.20 bits per heavy atom. The van der Waals surface area contributed by atoms with E-state index in [4.69, 9.17) is 21.8 Å². The monoisotopic (exact) mass is 264 g/mol. The lowest BCUT2D eigenvalue weighted by atomic mass is 10.6. The highest BCUT2D eigenvalue weighted by Gasteiger charge is 1.94. The number of halogens is 1. The van der Waals surface area contributed by atoms with E-state index in [0.29, 0.717) is 4.47 Å². The van der Waals surface area contributed by atoms with E-state index in [-0.39, 0.29) is 13.2 Å². The Labute approximate surface area is 99.8 Å². The molecule has 0 atom stereocenters. The Hall–Kier alpha value is -0.530. The van der Waals surface area contributed by atoms with E-state index in [9.17, 15) is 0 Å². The zero-order chi connectivity index (χ0) is 11.1. The smallest absolute Gasteiger partial charge is 0.183 e. The van der Waals surface area contributed by atoms with Gasteiger partial charge < -0.3 is 10.2 Å². The van der Waals surface area contributed by atoms with Crippen molar-refractivity contribution in [2.24, 2.45) is 0 Å². The summed E-state index contributed by atoms with van der Waals surface area (Å²) >= 11 is 8.19. The fraction of sp³-hybridized carbons (Fsp3) is 0.250. The number of aliphatic hydroxyl groups excluding tert-OH is 2. The fourth-order valence-electron chi connectivity index (χ4n) is 0.677. The van der Waals surface area contributed by atoms with Crippen molar-refractivity contribution in [3.05, 3.63) is 32.1 Å². The summed E-state index contributed by atoms with van der Waals surface area (Å²) in [6, 6.07) is 0. The first-order valence-corrected chi connectivity index (χ1v) is 6.03. The maximum atomic E-state index is 8.46. The van der Waals surface area contributed by atoms with Gasteiger partial charge >= 0.3 is 0 Å². The van der Waals surface area contributed by atoms with Crippen LogP contribution in [0.4, 0.5) is 0 Å². The van der Waals surface area contributed by atoms with Gasteiger partial charge in [-0.05, 0) is 0 Å². The van der Waals surface area contributed by atoms with Crippen LogP contribution in [-0.4, -0.2) is 20.2 Å². The molecule has 0 aliphatic carbocycles. The van der Waals surface area contributed by atoms with E-state index >= 15 is 0 Å². The summed E-state index contributed by atoms with van der Waals surface area (Å²) in [6.45, 7) is 0.148. The molecule has 2 N–H and O–H groups in total. The Morgan fingerprint density at radius 3 is 2.20 bits per heavy atom. The molecule has 2 aromatic rings. The van der Waals surface area contributed by atoms with Crippen molar-refractivity contribution in [2.75, 3.05) is 0 Å². The van der Waals surface area contributed by atoms with Gasteiger partial charge in [-0.3, -0.25) is 4.98 Å². The van der Waals surface area contributed by atoms with E-state index in [1.165, 1.54) is 22.7 Å². The Bertz CT molecular complexity index is 378. The summed E-state index contributed by atoms with van der Waals surface area (Å²) in [7, 11) is 0. The van der Waals surface area contributed by atoms with Crippen molar-refractivity contribution < 1.29 is 10.2 Å². The van der Waals surface area contributed by atoms with Gasteiger partial charge in [0, 0.05) is 17.3 Å². The number of aromatic nitrogens is 2. The minimum Gasteiger partial charge on any atom is -0.391 e. The van der Waals surface area contributed by atoms with Gasteiger partial charge in [-0.2, -0.15) is 0 Å². The Kier molecular flexibility index (Phi) is 5.74. The lowest BCUT2D eigenvalue weighted by molar-refractivity contribution is 0.285. The van der Waals surface area contributed by atoms with Crippen molar-refractivity contribution in [3.8, 4) is 0 Å². The van der Waals surface area contributed by atoms with E-state index in [0.717, 1.165) is 9.75 Å². The van der Waals surface area contributed by atoms with Gasteiger partial charge in [0.15, 0.2) is 4.47 Å². The van der Waals surface area contributed by atoms with E-state index < -0.39 is 0 Å². The molecule has 7 heteroatoms. The first-order chi connectivity index (χ1) is 7.26. The van der Waals surface area contributed by atoms with Crippen LogP contribution in [-0.2, 0) is 13.2 Å². The molecule has 0 bridgehead atoms. The molecule has 0 aliphatic heterocycles. The number of thiazole rings is 2. The van der Waals surface area contributed by atoms with Crippen molar-refractivity contribution in [1.82, 2.24) is 9.97 Å². The number of nitrogens with zero attached hydrogens (tertiary/aromatic N) is 2. The summed E-state index contributed by atoms with van der Waals surface area (Å²) in [5.74, 6) is 0. The van der Waals surface area contributed by atoms with Crippen LogP contribution in [0.2, 0.25) is 4.47 Å². The zero-order valence-corrected chi connectivity index (χ0v) is 10.0. The first-order valence-electron chi connectivity index (χ1n) is 3.95. The molecule has 2 rings (SSSR count). The van der Waals surface area contributed by atoms with Gasteiger partial charge in [0.1, 0.15) is 0 Å². The Balaban J connectivity index is 0.000000151. The average molecular weight is 265 g/mol. The van der Waals surface area contributed by atoms with Gasteiger partial charge in [0.25, 0.3) is 0 Å². The minimum absolute atomic E-state index is 0.0321. The summed E-state index contributed by atoms with van der Waals surface area (Å²) < 4.78 is 0.481. The molecule has 2 aromatic heterocycles. The largest absolute Gasteiger partial charge is 0.391 e. The third-order valence-corrected chi connectivity index (χ3v) is 3.18. The van der Waals surface area contributed by atoms with E-state index in [2.05, 4.69) is 9.97 Å². The number of hydrogen-bond acceptors (Lipinski definition) is 6. The predicted octanol–water partition coefficient (Wildman–Crippen LogP) is 1.92. The van der Waals surface area contributed by atoms with Gasteiger partial charge in [-0.25, -0.2) is 4.98 Å². The van der Waals surface area contributed by atoms with Crippen LogP contribution in [0, 0.1) is 0 Å². The van der Waals surface area contributed by atoms with Crippen molar-refractivity contribution in [3.63, 3.8) is 0 Å². The zero-order valence-electron chi connectivity index (χ0n) is 7.63. The highest BCUT2D eigenvalue weighted by atomic mass is 35.5. The highest BCUT2D eigenvalue weighted by molar-refractivity contribution is 7.15. The molecule has 15 heavy (non-hydrogen) atoms. The third kappa shape index (κ3) is 4.67. The summed E-state index contributed by atoms with van der Waals surface area (Å²) in [4.78, 5) is 9.18. The predicted molar refractivity (Wildman–Crippen MR) is 61.1 cm³/mol. The molecule has 0 aliphatic rings. The molecule has 0 radical (unpaired) electrons. The third-order valence-electron chi connectivity index (χ3n) is 1.32. The molecule has 0 saturated heterocycles. The standard InChI is InChI=1S/C4H4ClNOS.C4H5NOS/c5-4-6-1-3(2-7)8-4;6-2-4-1-5-3-7-4/h1,7H,2H2;1,3,6H,2H2. The molecule has 0 amide bonds. The molecule has 2 heterocycles. The van der Waals surface area contributed by atoms with Crippen LogP contribution in [0.15, 0.2) is 17.9 Å². The molecule has 0 spiro atoms. The topological polar surface area (TPSA) is 66.2 Å². The summed E-state index contributed by atoms with van der Waals surface area (Å²) in [5, 5.41) is 16.9. The normalized spacial score (nSPS) is 9.53. The lowest BCUT2D eigenvalue weighted by Crippen LogP contribution is -1.70. The molecular formula is C8H9ClN2O2S2. The number of rotatable bonds is 2. The van der Waals surface area contributed by atoms with Crippen LogP contribution < -0.4 is 0 Å². The minimum atomic E-state index is 0.0321. The second-order valence-electron chi connectivity index (χ2n) is 2.36. The van der Waals surface area contributed by atoms with Crippen LogP contribution in [0.3, 0.4) is 0 Å². The fourth-order valence-corrected chi connectivity index (χ4v) is 1.97. The molecule has 0 saturated carbocycles. The van der Waals surface area contributed by atoms with Crippen LogP contribution in [0.25, 0.3) is 0 Å². The summed E-state index contributed by atoms with van der Waals surface area (Å²) in [5.41, 5.74) is 1.70. The van der Waals surface area contributed by atoms with Gasteiger partial charge in [0.2, 0.25) is 0 Å². The SMILES string of the molecule is OCc1cnc(Cl)s1.OCc1cncs1. The first kappa shape index (κ1) is 12.5. The van der Waals surface area contributed by atoms with Crippen LogP contribution >= 0.6 is 34.3 Å². The van der Waals surface area contributed by atoms with Crippen molar-refractivity contribution >= 4 is 34.3 Å². The van der Waals surface area contributed by atoms with E-state index in [1.807, 2.05) is 0 Å². The maximum absolute atomic E-state index is 8.46. The van der Waals surface area contributed by atoms with Crippen molar-refractivity contribution in [2.45, 2.75) is 13.2 Å². The molecule has 82 valence electrons. The second-order valence-corrected chi connectivity index (χ2v) is 5.03. The van der Waals surface area contributed by atoms with Gasteiger partial charge in [0.05, 0.1) is 23.6 Å². The van der Waals surface area contributed by atoms with Crippen molar-refractivity contribution in [1.29, 1.82) is 0 Å². The summed E-state index contributed by atoms with van der Waals surface area (Å²) in [6.07, 6.45) is 3.22. The highest BCUT2D eigenvalue weighted by Crippen LogP contribution is 2.16. The van der Waals surface area contributed by atoms with Crippen LogP contribution in [0.5, 0.6) is 0 Å². The van der Waals surface area contributed by atoms with Crippen LogP contribution in [0.1, 0.15) is 9.75 Å². The molecule has 0 fully saturated rings. The number of hydrogen-bond donors (Lipinski definition) is 2. The van der Waals surface area contributed by atoms with Gasteiger partial charge in [-0.15, -0.1) is 22.7 Å². The molecule has 0 aromatic carbocycles. The Morgan fingerprint density at radius 2 is 1.93 bits per heavy atom. The molecular weight excluding hydrogens is 256 g/mol. The maximum Gasteiger partial charge on any atom is 0.183 e. The molecule has 0 unspecified atom stereocenters. The quantitative estimate of drug-likeness (QED) is 0.870. The average Bonchev–Trinajstić information content (AvgIpc) is 2.88. The van der Waals surface area contributed by atoms with Gasteiger partial charge in [-0.1, -0.05) is 11.6 Å². The van der Waals surface area contributed by atoms with E-state index in [1.54, 1.807) is 17.9 Å².